The van der Waals surface area contributed by atoms with Gasteiger partial charge in [-0.15, -0.1) is 0 Å². The third-order valence-electron chi connectivity index (χ3n) is 4.97. The number of benzene rings is 1. The lowest BCUT2D eigenvalue weighted by atomic mass is 9.78. The molecular weight excluding hydrogens is 304 g/mol. The van der Waals surface area contributed by atoms with Gasteiger partial charge in [-0.3, -0.25) is 0 Å². The van der Waals surface area contributed by atoms with E-state index in [0.29, 0.717) is 30.8 Å². The lowest BCUT2D eigenvalue weighted by Gasteiger charge is -2.34. The molecule has 0 spiro atoms. The van der Waals surface area contributed by atoms with Crippen LogP contribution in [-0.4, -0.2) is 12.6 Å². The van der Waals surface area contributed by atoms with Crippen LogP contribution in [0.1, 0.15) is 65.8 Å². The quantitative estimate of drug-likeness (QED) is 0.865. The number of hydrogen-bond donors (Lipinski definition) is 0. The second-order valence-corrected chi connectivity index (χ2v) is 7.10. The van der Waals surface area contributed by atoms with E-state index in [1.165, 1.54) is 5.56 Å². The molecule has 2 heterocycles. The maximum atomic E-state index is 11.2. The summed E-state index contributed by atoms with van der Waals surface area (Å²) in [4.78, 5) is 11.2. The first-order valence-corrected chi connectivity index (χ1v) is 8.42. The van der Waals surface area contributed by atoms with Gasteiger partial charge in [-0.05, 0) is 42.4 Å². The Kier molecular flexibility index (Phi) is 4.16. The molecule has 0 radical (unpaired) electrons. The molecule has 0 amide bonds. The molecule has 0 saturated heterocycles. The van der Waals surface area contributed by atoms with Gasteiger partial charge in [0, 0.05) is 17.5 Å². The van der Waals surface area contributed by atoms with Crippen molar-refractivity contribution in [1.29, 1.82) is 0 Å². The second-order valence-electron chi connectivity index (χ2n) is 7.10. The van der Waals surface area contributed by atoms with Gasteiger partial charge >= 0.3 is 0 Å². The zero-order valence-corrected chi connectivity index (χ0v) is 14.7. The molecule has 0 N–H and O–H groups in total. The zero-order valence-electron chi connectivity index (χ0n) is 14.7. The summed E-state index contributed by atoms with van der Waals surface area (Å²) in [5, 5.41) is 11.2. The molecule has 0 unspecified atom stereocenters. The number of aromatic carboxylic acids is 1. The highest BCUT2D eigenvalue weighted by molar-refractivity contribution is 5.84. The summed E-state index contributed by atoms with van der Waals surface area (Å²) >= 11 is 0. The van der Waals surface area contributed by atoms with Gasteiger partial charge in [-0.25, -0.2) is 0 Å². The lowest BCUT2D eigenvalue weighted by molar-refractivity contribution is -0.257. The number of aryl methyl sites for hydroxylation is 2. The standard InChI is InChI=1S/C20H24O4/c1-5-13-10-14(24-17(13)19(21)22)11-15-12(2)6-7-16-18(15)23-9-8-20(16,3)4/h6-7,10H,5,8-9,11H2,1-4H3,(H,21,22)/p-1. The molecule has 1 aromatic heterocycles. The van der Waals surface area contributed by atoms with Gasteiger partial charge in [-0.1, -0.05) is 32.9 Å². The zero-order chi connectivity index (χ0) is 17.5. The molecule has 0 aliphatic carbocycles. The van der Waals surface area contributed by atoms with Crippen LogP contribution in [-0.2, 0) is 18.3 Å². The monoisotopic (exact) mass is 327 g/mol. The average Bonchev–Trinajstić information content (AvgIpc) is 2.93. The molecular formula is C20H23O4-. The fourth-order valence-corrected chi connectivity index (χ4v) is 3.37. The molecule has 4 nitrogen and oxygen atoms in total. The molecule has 4 heteroatoms. The van der Waals surface area contributed by atoms with Crippen LogP contribution in [0.2, 0.25) is 0 Å². The number of carbonyl (C=O) groups excluding carboxylic acids is 1. The molecule has 0 fully saturated rings. The first kappa shape index (κ1) is 16.6. The van der Waals surface area contributed by atoms with Gasteiger partial charge in [0.1, 0.15) is 17.5 Å². The van der Waals surface area contributed by atoms with E-state index in [0.717, 1.165) is 23.3 Å². The predicted octanol–water partition coefficient (Wildman–Crippen LogP) is 3.16. The molecule has 2 aromatic rings. The van der Waals surface area contributed by atoms with Gasteiger partial charge in [0.05, 0.1) is 6.61 Å². The van der Waals surface area contributed by atoms with Crippen LogP contribution < -0.4 is 9.84 Å². The van der Waals surface area contributed by atoms with E-state index >= 15 is 0 Å². The van der Waals surface area contributed by atoms with E-state index in [1.807, 2.05) is 19.9 Å². The first-order valence-electron chi connectivity index (χ1n) is 8.42. The number of carbonyl (C=O) groups is 1. The topological polar surface area (TPSA) is 62.5 Å². The van der Waals surface area contributed by atoms with Crippen LogP contribution in [0, 0.1) is 6.92 Å². The highest BCUT2D eigenvalue weighted by Gasteiger charge is 2.31. The van der Waals surface area contributed by atoms with E-state index in [1.54, 1.807) is 0 Å². The fourth-order valence-electron chi connectivity index (χ4n) is 3.37. The molecule has 128 valence electrons. The Hall–Kier alpha value is -2.23. The van der Waals surface area contributed by atoms with Crippen molar-refractivity contribution in [2.24, 2.45) is 0 Å². The maximum absolute atomic E-state index is 11.2. The predicted molar refractivity (Wildman–Crippen MR) is 89.5 cm³/mol. The third-order valence-corrected chi connectivity index (χ3v) is 4.97. The van der Waals surface area contributed by atoms with E-state index in [2.05, 4.69) is 26.0 Å². The number of carboxylic acid groups (broad SMARTS) is 1. The van der Waals surface area contributed by atoms with Crippen molar-refractivity contribution in [1.82, 2.24) is 0 Å². The Morgan fingerprint density at radius 1 is 1.33 bits per heavy atom. The van der Waals surface area contributed by atoms with Crippen LogP contribution in [0.3, 0.4) is 0 Å². The molecule has 0 bridgehead atoms. The summed E-state index contributed by atoms with van der Waals surface area (Å²) < 4.78 is 11.5. The van der Waals surface area contributed by atoms with Gasteiger partial charge in [-0.2, -0.15) is 0 Å². The Morgan fingerprint density at radius 3 is 2.71 bits per heavy atom. The molecule has 0 atom stereocenters. The Morgan fingerprint density at radius 2 is 2.08 bits per heavy atom. The minimum absolute atomic E-state index is 0.0591. The van der Waals surface area contributed by atoms with E-state index in [-0.39, 0.29) is 11.2 Å². The Labute approximate surface area is 142 Å². The third kappa shape index (κ3) is 2.81. The number of rotatable bonds is 4. The summed E-state index contributed by atoms with van der Waals surface area (Å²) in [6.45, 7) is 9.10. The Balaban J connectivity index is 2.04. The van der Waals surface area contributed by atoms with Crippen molar-refractivity contribution >= 4 is 5.97 Å². The molecule has 24 heavy (non-hydrogen) atoms. The highest BCUT2D eigenvalue weighted by atomic mass is 16.5. The van der Waals surface area contributed by atoms with Crippen LogP contribution in [0.25, 0.3) is 0 Å². The van der Waals surface area contributed by atoms with Crippen molar-refractivity contribution in [2.75, 3.05) is 6.61 Å². The van der Waals surface area contributed by atoms with Gasteiger partial charge in [0.2, 0.25) is 0 Å². The minimum Gasteiger partial charge on any atom is -0.542 e. The van der Waals surface area contributed by atoms with Crippen molar-refractivity contribution in [3.05, 3.63) is 52.0 Å². The van der Waals surface area contributed by atoms with Crippen LogP contribution >= 0.6 is 0 Å². The lowest BCUT2D eigenvalue weighted by Crippen LogP contribution is -2.27. The molecule has 1 aromatic carbocycles. The normalized spacial score (nSPS) is 15.7. The van der Waals surface area contributed by atoms with Crippen LogP contribution in [0.4, 0.5) is 0 Å². The van der Waals surface area contributed by atoms with Gasteiger partial charge in [0.25, 0.3) is 0 Å². The second kappa shape index (κ2) is 6.00. The van der Waals surface area contributed by atoms with E-state index in [4.69, 9.17) is 9.15 Å². The maximum Gasteiger partial charge on any atom is 0.152 e. The number of furan rings is 1. The molecule has 1 aliphatic heterocycles. The fraction of sp³-hybridized carbons (Fsp3) is 0.450. The van der Waals surface area contributed by atoms with Crippen LogP contribution in [0.5, 0.6) is 5.75 Å². The SMILES string of the molecule is CCc1cc(Cc2c(C)ccc3c2OCCC3(C)C)oc1C(=O)[O-]. The highest BCUT2D eigenvalue weighted by Crippen LogP contribution is 2.42. The molecule has 0 saturated carbocycles. The van der Waals surface area contributed by atoms with Crippen LogP contribution in [0.15, 0.2) is 22.6 Å². The molecule has 1 aliphatic rings. The van der Waals surface area contributed by atoms with Gasteiger partial charge in [0.15, 0.2) is 5.76 Å². The first-order chi connectivity index (χ1) is 11.3. The minimum atomic E-state index is -1.26. The summed E-state index contributed by atoms with van der Waals surface area (Å²) in [6.07, 6.45) is 2.10. The number of fused-ring (bicyclic) bond motifs is 1. The van der Waals surface area contributed by atoms with Crippen molar-refractivity contribution < 1.29 is 19.1 Å². The van der Waals surface area contributed by atoms with Crippen molar-refractivity contribution in [3.8, 4) is 5.75 Å². The number of ether oxygens (including phenoxy) is 1. The van der Waals surface area contributed by atoms with Gasteiger partial charge < -0.3 is 19.1 Å². The average molecular weight is 327 g/mol. The summed E-state index contributed by atoms with van der Waals surface area (Å²) in [6, 6.07) is 6.06. The molecule has 3 rings (SSSR count). The number of hydrogen-bond acceptors (Lipinski definition) is 4. The summed E-state index contributed by atoms with van der Waals surface area (Å²) in [7, 11) is 0. The van der Waals surface area contributed by atoms with Crippen molar-refractivity contribution in [3.63, 3.8) is 0 Å². The Bertz CT molecular complexity index is 783. The summed E-state index contributed by atoms with van der Waals surface area (Å²) in [5.74, 6) is 0.240. The van der Waals surface area contributed by atoms with E-state index < -0.39 is 5.97 Å². The largest absolute Gasteiger partial charge is 0.542 e. The van der Waals surface area contributed by atoms with E-state index in [9.17, 15) is 9.90 Å². The van der Waals surface area contributed by atoms with Crippen molar-refractivity contribution in [2.45, 2.75) is 52.4 Å². The smallest absolute Gasteiger partial charge is 0.152 e. The number of carboxylic acids is 1. The summed E-state index contributed by atoms with van der Waals surface area (Å²) in [5.41, 5.74) is 4.15.